The maximum atomic E-state index is 12.8. The average Bonchev–Trinajstić information content (AvgIpc) is 3.62. The van der Waals surface area contributed by atoms with Crippen LogP contribution in [-0.4, -0.2) is 36.7 Å². The fraction of sp³-hybridized carbons (Fsp3) is 0.217. The van der Waals surface area contributed by atoms with Gasteiger partial charge in [-0.3, -0.25) is 14.6 Å². The molecule has 158 valence electrons. The van der Waals surface area contributed by atoms with Gasteiger partial charge < -0.3 is 15.2 Å². The summed E-state index contributed by atoms with van der Waals surface area (Å²) in [5.74, 6) is 0.334. The number of benzene rings is 2. The molecular formula is C23H22N4O4. The number of methoxy groups -OCH3 is 1. The van der Waals surface area contributed by atoms with Crippen molar-refractivity contribution in [1.82, 2.24) is 10.4 Å². The first-order valence-electron chi connectivity index (χ1n) is 9.87. The molecule has 0 aliphatic heterocycles. The highest BCUT2D eigenvalue weighted by atomic mass is 16.5. The lowest BCUT2D eigenvalue weighted by molar-refractivity contribution is -0.119. The van der Waals surface area contributed by atoms with Gasteiger partial charge in [-0.25, -0.2) is 5.43 Å². The number of aromatic nitrogens is 1. The number of carbonyl (C=O) groups is 2. The highest BCUT2D eigenvalue weighted by Gasteiger charge is 2.26. The van der Waals surface area contributed by atoms with Crippen molar-refractivity contribution >= 4 is 28.9 Å². The van der Waals surface area contributed by atoms with Gasteiger partial charge in [0.1, 0.15) is 0 Å². The molecule has 2 amide bonds. The largest absolute Gasteiger partial charge is 0.493 e. The first kappa shape index (κ1) is 20.3. The van der Waals surface area contributed by atoms with E-state index in [0.29, 0.717) is 28.5 Å². The molecule has 0 unspecified atom stereocenters. The Kier molecular flexibility index (Phi) is 5.79. The zero-order valence-electron chi connectivity index (χ0n) is 17.0. The van der Waals surface area contributed by atoms with Crippen LogP contribution in [0.15, 0.2) is 53.6 Å². The van der Waals surface area contributed by atoms with Gasteiger partial charge in [-0.15, -0.1) is 0 Å². The number of primary amides is 1. The minimum absolute atomic E-state index is 0.272. The molecular weight excluding hydrogens is 396 g/mol. The van der Waals surface area contributed by atoms with E-state index in [0.717, 1.165) is 29.4 Å². The molecule has 3 N–H and O–H groups in total. The second-order valence-corrected chi connectivity index (χ2v) is 7.25. The molecule has 1 saturated carbocycles. The number of rotatable bonds is 8. The number of nitrogens with two attached hydrogens (primary N) is 1. The van der Waals surface area contributed by atoms with E-state index in [2.05, 4.69) is 15.5 Å². The number of carbonyl (C=O) groups excluding carboxylic acids is 2. The Balaban J connectivity index is 1.52. The molecule has 31 heavy (non-hydrogen) atoms. The molecule has 1 aliphatic carbocycles. The van der Waals surface area contributed by atoms with Crippen LogP contribution >= 0.6 is 0 Å². The minimum atomic E-state index is -0.594. The van der Waals surface area contributed by atoms with E-state index in [1.165, 1.54) is 13.3 Å². The summed E-state index contributed by atoms with van der Waals surface area (Å²) in [7, 11) is 1.50. The van der Waals surface area contributed by atoms with Crippen molar-refractivity contribution in [2.45, 2.75) is 18.8 Å². The van der Waals surface area contributed by atoms with E-state index in [1.54, 1.807) is 18.2 Å². The van der Waals surface area contributed by atoms with Gasteiger partial charge in [0, 0.05) is 17.0 Å². The Bertz CT molecular complexity index is 1170. The molecule has 0 atom stereocenters. The Morgan fingerprint density at radius 1 is 1.19 bits per heavy atom. The first-order chi connectivity index (χ1) is 15.0. The van der Waals surface area contributed by atoms with Crippen LogP contribution < -0.4 is 20.6 Å². The summed E-state index contributed by atoms with van der Waals surface area (Å²) in [6, 6.07) is 14.5. The van der Waals surface area contributed by atoms with Crippen LogP contribution in [0.2, 0.25) is 0 Å². The van der Waals surface area contributed by atoms with Crippen LogP contribution in [0.4, 0.5) is 0 Å². The third-order valence-corrected chi connectivity index (χ3v) is 4.91. The number of ether oxygens (including phenoxy) is 2. The van der Waals surface area contributed by atoms with Gasteiger partial charge in [0.15, 0.2) is 18.1 Å². The number of nitrogens with one attached hydrogen (secondary N) is 1. The minimum Gasteiger partial charge on any atom is -0.493 e. The van der Waals surface area contributed by atoms with Gasteiger partial charge in [-0.1, -0.05) is 18.2 Å². The normalized spacial score (nSPS) is 13.3. The van der Waals surface area contributed by atoms with E-state index in [4.69, 9.17) is 15.2 Å². The zero-order valence-corrected chi connectivity index (χ0v) is 17.0. The van der Waals surface area contributed by atoms with Crippen molar-refractivity contribution in [3.8, 4) is 11.5 Å². The molecule has 8 heteroatoms. The van der Waals surface area contributed by atoms with E-state index in [9.17, 15) is 9.59 Å². The van der Waals surface area contributed by atoms with Gasteiger partial charge in [-0.2, -0.15) is 5.10 Å². The molecule has 1 fully saturated rings. The number of hydrazone groups is 1. The number of para-hydroxylation sites is 1. The summed E-state index contributed by atoms with van der Waals surface area (Å²) in [5, 5.41) is 4.86. The van der Waals surface area contributed by atoms with E-state index < -0.39 is 5.91 Å². The summed E-state index contributed by atoms with van der Waals surface area (Å²) in [5.41, 5.74) is 10.6. The van der Waals surface area contributed by atoms with E-state index in [1.807, 2.05) is 30.3 Å². The van der Waals surface area contributed by atoms with Gasteiger partial charge in [0.2, 0.25) is 0 Å². The van der Waals surface area contributed by atoms with Gasteiger partial charge in [-0.05, 0) is 48.7 Å². The Morgan fingerprint density at radius 2 is 2.00 bits per heavy atom. The lowest BCUT2D eigenvalue weighted by atomic mass is 10.1. The third kappa shape index (κ3) is 4.80. The molecule has 0 radical (unpaired) electrons. The van der Waals surface area contributed by atoms with Crippen LogP contribution in [0.25, 0.3) is 10.9 Å². The van der Waals surface area contributed by atoms with Crippen LogP contribution in [0.3, 0.4) is 0 Å². The maximum absolute atomic E-state index is 12.8. The van der Waals surface area contributed by atoms with Crippen molar-refractivity contribution in [3.05, 3.63) is 65.4 Å². The van der Waals surface area contributed by atoms with Crippen molar-refractivity contribution in [2.24, 2.45) is 10.8 Å². The molecule has 1 aliphatic rings. The lowest BCUT2D eigenvalue weighted by Crippen LogP contribution is -2.20. The van der Waals surface area contributed by atoms with Crippen molar-refractivity contribution < 1.29 is 19.1 Å². The standard InChI is InChI=1S/C23H22N4O4/c1-30-20-9-6-14(10-21(20)31-13-22(24)28)12-25-27-23(29)17-11-19(15-7-8-15)26-18-5-3-2-4-16(17)18/h2-6,9-12,15H,7-8,13H2,1H3,(H2,24,28)(H,27,29)/b25-12+. The number of pyridine rings is 1. The van der Waals surface area contributed by atoms with Gasteiger partial charge >= 0.3 is 0 Å². The summed E-state index contributed by atoms with van der Waals surface area (Å²) < 4.78 is 10.6. The molecule has 0 saturated heterocycles. The molecule has 1 aromatic heterocycles. The zero-order chi connectivity index (χ0) is 21.8. The Morgan fingerprint density at radius 3 is 2.74 bits per heavy atom. The highest BCUT2D eigenvalue weighted by Crippen LogP contribution is 2.40. The first-order valence-corrected chi connectivity index (χ1v) is 9.87. The van der Waals surface area contributed by atoms with Crippen molar-refractivity contribution in [1.29, 1.82) is 0 Å². The predicted octanol–water partition coefficient (Wildman–Crippen LogP) is 2.75. The summed E-state index contributed by atoms with van der Waals surface area (Å²) in [6.07, 6.45) is 3.68. The Hall–Kier alpha value is -3.94. The van der Waals surface area contributed by atoms with Crippen LogP contribution in [0.1, 0.15) is 40.4 Å². The highest BCUT2D eigenvalue weighted by molar-refractivity contribution is 6.06. The molecule has 0 bridgehead atoms. The van der Waals surface area contributed by atoms with E-state index >= 15 is 0 Å². The van der Waals surface area contributed by atoms with Crippen LogP contribution in [0.5, 0.6) is 11.5 Å². The topological polar surface area (TPSA) is 116 Å². The smallest absolute Gasteiger partial charge is 0.272 e. The second kappa shape index (κ2) is 8.83. The number of nitrogens with zero attached hydrogens (tertiary/aromatic N) is 2. The van der Waals surface area contributed by atoms with Crippen molar-refractivity contribution in [2.75, 3.05) is 13.7 Å². The number of hydrogen-bond acceptors (Lipinski definition) is 6. The molecule has 4 rings (SSSR count). The second-order valence-electron chi connectivity index (χ2n) is 7.25. The quantitative estimate of drug-likeness (QED) is 0.431. The maximum Gasteiger partial charge on any atom is 0.272 e. The number of amides is 2. The van der Waals surface area contributed by atoms with E-state index in [-0.39, 0.29) is 12.5 Å². The monoisotopic (exact) mass is 418 g/mol. The Labute approximate surface area is 179 Å². The summed E-state index contributed by atoms with van der Waals surface area (Å²) >= 11 is 0. The third-order valence-electron chi connectivity index (χ3n) is 4.91. The van der Waals surface area contributed by atoms with Crippen LogP contribution in [-0.2, 0) is 4.79 Å². The number of hydrogen-bond donors (Lipinski definition) is 2. The molecule has 1 heterocycles. The SMILES string of the molecule is COc1ccc(/C=N/NC(=O)c2cc(C3CC3)nc3ccccc23)cc1OCC(N)=O. The lowest BCUT2D eigenvalue weighted by Gasteiger charge is -2.10. The average molecular weight is 418 g/mol. The van der Waals surface area contributed by atoms with Crippen molar-refractivity contribution in [3.63, 3.8) is 0 Å². The molecule has 0 spiro atoms. The molecule has 8 nitrogen and oxygen atoms in total. The molecule has 2 aromatic carbocycles. The fourth-order valence-corrected chi connectivity index (χ4v) is 3.23. The summed E-state index contributed by atoms with van der Waals surface area (Å²) in [6.45, 7) is -0.272. The van der Waals surface area contributed by atoms with Crippen LogP contribution in [0, 0.1) is 0 Å². The molecule has 3 aromatic rings. The predicted molar refractivity (Wildman–Crippen MR) is 116 cm³/mol. The summed E-state index contributed by atoms with van der Waals surface area (Å²) in [4.78, 5) is 28.5. The van der Waals surface area contributed by atoms with Gasteiger partial charge in [0.25, 0.3) is 11.8 Å². The fourth-order valence-electron chi connectivity index (χ4n) is 3.23. The van der Waals surface area contributed by atoms with Gasteiger partial charge in [0.05, 0.1) is 24.4 Å². The number of fused-ring (bicyclic) bond motifs is 1.